The second-order valence-corrected chi connectivity index (χ2v) is 7.46. The first-order valence-corrected chi connectivity index (χ1v) is 8.94. The molecule has 122 valence electrons. The van der Waals surface area contributed by atoms with Gasteiger partial charge in [0.1, 0.15) is 5.82 Å². The summed E-state index contributed by atoms with van der Waals surface area (Å²) in [5.74, 6) is 1.55. The van der Waals surface area contributed by atoms with Crippen molar-refractivity contribution in [1.29, 1.82) is 0 Å². The molecule has 2 aromatic rings. The minimum Gasteiger partial charge on any atom is -0.373 e. The van der Waals surface area contributed by atoms with Crippen LogP contribution in [0.3, 0.4) is 0 Å². The van der Waals surface area contributed by atoms with Crippen LogP contribution in [0.5, 0.6) is 0 Å². The first kappa shape index (κ1) is 16.0. The Hall–Kier alpha value is -1.88. The summed E-state index contributed by atoms with van der Waals surface area (Å²) in [7, 11) is 1.88. The standard InChI is InChI=1S/C18H23N3OS/c1-13-5-6-16(23-13)11-18(22)21-9-3-4-15(12-21)14-7-8-20-17(10-14)19-2/h5-8,10,15H,3-4,9,11-12H2,1-2H3,(H,19,20)/t15-/m0/s1. The molecule has 0 radical (unpaired) electrons. The van der Waals surface area contributed by atoms with Gasteiger partial charge in [-0.1, -0.05) is 0 Å². The summed E-state index contributed by atoms with van der Waals surface area (Å²) in [6.45, 7) is 3.78. The van der Waals surface area contributed by atoms with Crippen molar-refractivity contribution in [2.45, 2.75) is 32.1 Å². The Kier molecular flexibility index (Phi) is 4.96. The molecular weight excluding hydrogens is 306 g/mol. The Bertz CT molecular complexity index is 682. The predicted octanol–water partition coefficient (Wildman–Crippen LogP) is 3.44. The largest absolute Gasteiger partial charge is 0.373 e. The molecule has 0 aliphatic carbocycles. The van der Waals surface area contributed by atoms with E-state index in [9.17, 15) is 4.79 Å². The van der Waals surface area contributed by atoms with Crippen molar-refractivity contribution < 1.29 is 4.79 Å². The lowest BCUT2D eigenvalue weighted by Gasteiger charge is -2.33. The number of thiophene rings is 1. The average Bonchev–Trinajstić information content (AvgIpc) is 3.00. The average molecular weight is 329 g/mol. The smallest absolute Gasteiger partial charge is 0.227 e. The number of rotatable bonds is 4. The number of aromatic nitrogens is 1. The molecule has 3 rings (SSSR count). The third-order valence-corrected chi connectivity index (χ3v) is 5.41. The summed E-state index contributed by atoms with van der Waals surface area (Å²) in [5.41, 5.74) is 1.27. The maximum Gasteiger partial charge on any atom is 0.227 e. The zero-order valence-electron chi connectivity index (χ0n) is 13.7. The molecule has 1 atom stereocenters. The molecule has 1 amide bonds. The first-order chi connectivity index (χ1) is 11.2. The van der Waals surface area contributed by atoms with E-state index >= 15 is 0 Å². The molecular formula is C18H23N3OS. The summed E-state index contributed by atoms with van der Waals surface area (Å²) in [4.78, 5) is 21.3. The number of carbonyl (C=O) groups excluding carboxylic acids is 1. The maximum atomic E-state index is 12.6. The number of likely N-dealkylation sites (tertiary alicyclic amines) is 1. The Morgan fingerprint density at radius 2 is 2.30 bits per heavy atom. The highest BCUT2D eigenvalue weighted by atomic mass is 32.1. The number of hydrogen-bond acceptors (Lipinski definition) is 4. The van der Waals surface area contributed by atoms with E-state index in [1.54, 1.807) is 11.3 Å². The quantitative estimate of drug-likeness (QED) is 0.934. The molecule has 0 aromatic carbocycles. The van der Waals surface area contributed by atoms with Crippen LogP contribution in [0.25, 0.3) is 0 Å². The lowest BCUT2D eigenvalue weighted by Crippen LogP contribution is -2.39. The van der Waals surface area contributed by atoms with E-state index in [0.717, 1.165) is 36.6 Å². The van der Waals surface area contributed by atoms with Crippen LogP contribution < -0.4 is 5.32 Å². The molecule has 1 aliphatic heterocycles. The molecule has 23 heavy (non-hydrogen) atoms. The van der Waals surface area contributed by atoms with Crippen LogP contribution in [0, 0.1) is 6.92 Å². The lowest BCUT2D eigenvalue weighted by atomic mass is 9.91. The molecule has 4 nitrogen and oxygen atoms in total. The van der Waals surface area contributed by atoms with Gasteiger partial charge in [0.2, 0.25) is 5.91 Å². The topological polar surface area (TPSA) is 45.2 Å². The van der Waals surface area contributed by atoms with E-state index in [-0.39, 0.29) is 5.91 Å². The van der Waals surface area contributed by atoms with E-state index < -0.39 is 0 Å². The summed E-state index contributed by atoms with van der Waals surface area (Å²) < 4.78 is 0. The van der Waals surface area contributed by atoms with Crippen molar-refractivity contribution in [3.8, 4) is 0 Å². The number of piperidine rings is 1. The van der Waals surface area contributed by atoms with Crippen molar-refractivity contribution in [3.05, 3.63) is 45.8 Å². The molecule has 0 unspecified atom stereocenters. The van der Waals surface area contributed by atoms with Gasteiger partial charge in [-0.3, -0.25) is 4.79 Å². The van der Waals surface area contributed by atoms with E-state index in [1.165, 1.54) is 10.4 Å². The highest BCUT2D eigenvalue weighted by molar-refractivity contribution is 7.12. The van der Waals surface area contributed by atoms with Crippen LogP contribution >= 0.6 is 11.3 Å². The Morgan fingerprint density at radius 3 is 3.04 bits per heavy atom. The summed E-state index contributed by atoms with van der Waals surface area (Å²) in [6.07, 6.45) is 4.58. The van der Waals surface area contributed by atoms with E-state index in [2.05, 4.69) is 41.5 Å². The van der Waals surface area contributed by atoms with Gasteiger partial charge in [-0.15, -0.1) is 11.3 Å². The van der Waals surface area contributed by atoms with Gasteiger partial charge in [0, 0.05) is 42.0 Å². The summed E-state index contributed by atoms with van der Waals surface area (Å²) in [6, 6.07) is 8.33. The van der Waals surface area contributed by atoms with Gasteiger partial charge in [0.05, 0.1) is 6.42 Å². The second kappa shape index (κ2) is 7.13. The molecule has 1 saturated heterocycles. The number of hydrogen-bond donors (Lipinski definition) is 1. The number of nitrogens with one attached hydrogen (secondary N) is 1. The van der Waals surface area contributed by atoms with Crippen molar-refractivity contribution in [3.63, 3.8) is 0 Å². The minimum atomic E-state index is 0.249. The number of carbonyl (C=O) groups is 1. The number of pyridine rings is 1. The van der Waals surface area contributed by atoms with Crippen LogP contribution in [0.4, 0.5) is 5.82 Å². The maximum absolute atomic E-state index is 12.6. The fraction of sp³-hybridized carbons (Fsp3) is 0.444. The minimum absolute atomic E-state index is 0.249. The van der Waals surface area contributed by atoms with Crippen LogP contribution in [0.1, 0.15) is 34.1 Å². The van der Waals surface area contributed by atoms with Crippen molar-refractivity contribution in [1.82, 2.24) is 9.88 Å². The van der Waals surface area contributed by atoms with E-state index in [4.69, 9.17) is 0 Å². The van der Waals surface area contributed by atoms with Gasteiger partial charge in [0.15, 0.2) is 0 Å². The van der Waals surface area contributed by atoms with Gasteiger partial charge in [0.25, 0.3) is 0 Å². The van der Waals surface area contributed by atoms with Crippen molar-refractivity contribution in [2.24, 2.45) is 0 Å². The molecule has 2 aromatic heterocycles. The highest BCUT2D eigenvalue weighted by Gasteiger charge is 2.25. The number of anilines is 1. The van der Waals surface area contributed by atoms with Gasteiger partial charge in [-0.2, -0.15) is 0 Å². The van der Waals surface area contributed by atoms with Gasteiger partial charge in [-0.25, -0.2) is 4.98 Å². The van der Waals surface area contributed by atoms with E-state index in [0.29, 0.717) is 12.3 Å². The van der Waals surface area contributed by atoms with Gasteiger partial charge in [-0.05, 0) is 49.6 Å². The monoisotopic (exact) mass is 329 g/mol. The Balaban J connectivity index is 1.66. The van der Waals surface area contributed by atoms with Crippen molar-refractivity contribution >= 4 is 23.1 Å². The van der Waals surface area contributed by atoms with Gasteiger partial charge < -0.3 is 10.2 Å². The van der Waals surface area contributed by atoms with E-state index in [1.807, 2.05) is 18.1 Å². The van der Waals surface area contributed by atoms with Crippen LogP contribution in [-0.4, -0.2) is 35.9 Å². The molecule has 1 N–H and O–H groups in total. The molecule has 1 aliphatic rings. The first-order valence-electron chi connectivity index (χ1n) is 8.12. The zero-order valence-corrected chi connectivity index (χ0v) is 14.5. The third-order valence-electron chi connectivity index (χ3n) is 4.41. The third kappa shape index (κ3) is 3.91. The number of aryl methyl sites for hydroxylation is 1. The molecule has 5 heteroatoms. The second-order valence-electron chi connectivity index (χ2n) is 6.09. The fourth-order valence-corrected chi connectivity index (χ4v) is 4.04. The Labute approximate surface area is 141 Å². The SMILES string of the molecule is CNc1cc([C@H]2CCCN(C(=O)Cc3ccc(C)s3)C2)ccn1. The van der Waals surface area contributed by atoms with Crippen LogP contribution in [-0.2, 0) is 11.2 Å². The molecule has 0 saturated carbocycles. The molecule has 0 spiro atoms. The number of amides is 1. The highest BCUT2D eigenvalue weighted by Crippen LogP contribution is 2.28. The molecule has 0 bridgehead atoms. The lowest BCUT2D eigenvalue weighted by molar-refractivity contribution is -0.131. The summed E-state index contributed by atoms with van der Waals surface area (Å²) >= 11 is 1.72. The molecule has 1 fully saturated rings. The van der Waals surface area contributed by atoms with Crippen molar-refractivity contribution in [2.75, 3.05) is 25.5 Å². The van der Waals surface area contributed by atoms with Crippen LogP contribution in [0.15, 0.2) is 30.5 Å². The summed E-state index contributed by atoms with van der Waals surface area (Å²) in [5, 5.41) is 3.09. The zero-order chi connectivity index (χ0) is 16.2. The predicted molar refractivity (Wildman–Crippen MR) is 95.1 cm³/mol. The number of nitrogens with zero attached hydrogens (tertiary/aromatic N) is 2. The fourth-order valence-electron chi connectivity index (χ4n) is 3.15. The Morgan fingerprint density at radius 1 is 1.43 bits per heavy atom. The normalized spacial score (nSPS) is 18.0. The molecule has 3 heterocycles. The van der Waals surface area contributed by atoms with Gasteiger partial charge >= 0.3 is 0 Å². The van der Waals surface area contributed by atoms with Crippen LogP contribution in [0.2, 0.25) is 0 Å².